The molecule has 0 aliphatic heterocycles. The van der Waals surface area contributed by atoms with Crippen molar-refractivity contribution in [2.45, 2.75) is 20.3 Å². The van der Waals surface area contributed by atoms with Gasteiger partial charge in [0, 0.05) is 35.9 Å². The summed E-state index contributed by atoms with van der Waals surface area (Å²) in [5.41, 5.74) is 12.1. The zero-order chi connectivity index (χ0) is 30.3. The predicted molar refractivity (Wildman–Crippen MR) is 190 cm³/mol. The van der Waals surface area contributed by atoms with E-state index in [1.54, 1.807) is 0 Å². The first-order valence-corrected chi connectivity index (χ1v) is 15.6. The Hall–Kier alpha value is -5.60. The van der Waals surface area contributed by atoms with Crippen LogP contribution in [0.15, 0.2) is 146 Å². The summed E-state index contributed by atoms with van der Waals surface area (Å²) in [5.74, 6) is 0. The van der Waals surface area contributed by atoms with Crippen molar-refractivity contribution in [1.82, 2.24) is 9.97 Å². The highest BCUT2D eigenvalue weighted by molar-refractivity contribution is 6.28. The van der Waals surface area contributed by atoms with Crippen LogP contribution in [0.1, 0.15) is 18.1 Å². The van der Waals surface area contributed by atoms with E-state index in [0.717, 1.165) is 28.7 Å². The molecular weight excluding hydrogens is 544 g/mol. The van der Waals surface area contributed by atoms with Gasteiger partial charge in [0.2, 0.25) is 0 Å². The number of nitrogens with zero attached hydrogens (tertiary/aromatic N) is 2. The van der Waals surface area contributed by atoms with Crippen LogP contribution in [0.5, 0.6) is 0 Å². The van der Waals surface area contributed by atoms with Crippen molar-refractivity contribution in [3.63, 3.8) is 0 Å². The van der Waals surface area contributed by atoms with Crippen molar-refractivity contribution in [3.05, 3.63) is 157 Å². The maximum Gasteiger partial charge on any atom is 0.0346 e. The van der Waals surface area contributed by atoms with E-state index in [0.29, 0.717) is 0 Å². The van der Waals surface area contributed by atoms with Crippen LogP contribution >= 0.6 is 0 Å². The summed E-state index contributed by atoms with van der Waals surface area (Å²) in [6.07, 6.45) is 8.47. The Labute approximate surface area is 263 Å². The summed E-state index contributed by atoms with van der Waals surface area (Å²) in [4.78, 5) is 8.92. The van der Waals surface area contributed by atoms with Gasteiger partial charge in [0.1, 0.15) is 0 Å². The van der Waals surface area contributed by atoms with Gasteiger partial charge in [0.15, 0.2) is 0 Å². The monoisotopic (exact) mass is 576 g/mol. The van der Waals surface area contributed by atoms with Gasteiger partial charge in [-0.05, 0) is 127 Å². The molecule has 2 heteroatoms. The molecule has 0 spiro atoms. The highest BCUT2D eigenvalue weighted by Crippen LogP contribution is 2.47. The minimum absolute atomic E-state index is 0.911. The molecule has 0 unspecified atom stereocenters. The SMILES string of the molecule is CCc1c(-c2ccccc2C)c(-c2cc(-c3cccnc3)cc(-c3cccnc3)c2)cc2c3ccccc3c3ccccc3c12. The van der Waals surface area contributed by atoms with E-state index in [1.165, 1.54) is 65.7 Å². The topological polar surface area (TPSA) is 25.8 Å². The van der Waals surface area contributed by atoms with Gasteiger partial charge in [-0.1, -0.05) is 91.9 Å². The first-order chi connectivity index (χ1) is 22.2. The van der Waals surface area contributed by atoms with Crippen LogP contribution in [-0.4, -0.2) is 9.97 Å². The van der Waals surface area contributed by atoms with E-state index in [1.807, 2.05) is 36.9 Å². The lowest BCUT2D eigenvalue weighted by atomic mass is 9.81. The molecule has 0 aliphatic carbocycles. The second-order valence-corrected chi connectivity index (χ2v) is 11.7. The van der Waals surface area contributed by atoms with Crippen LogP contribution in [0, 0.1) is 6.92 Å². The van der Waals surface area contributed by atoms with Crippen molar-refractivity contribution >= 4 is 32.3 Å². The van der Waals surface area contributed by atoms with Crippen molar-refractivity contribution in [1.29, 1.82) is 0 Å². The van der Waals surface area contributed by atoms with Gasteiger partial charge in [-0.2, -0.15) is 0 Å². The normalized spacial score (nSPS) is 11.4. The Morgan fingerprint density at radius 3 is 1.58 bits per heavy atom. The third-order valence-electron chi connectivity index (χ3n) is 9.14. The quantitative estimate of drug-likeness (QED) is 0.190. The Bertz CT molecular complexity index is 2300. The van der Waals surface area contributed by atoms with Gasteiger partial charge < -0.3 is 0 Å². The molecule has 8 aromatic rings. The molecule has 45 heavy (non-hydrogen) atoms. The van der Waals surface area contributed by atoms with E-state index in [-0.39, 0.29) is 0 Å². The van der Waals surface area contributed by atoms with Crippen molar-refractivity contribution in [2.75, 3.05) is 0 Å². The molecule has 2 aromatic heterocycles. The second kappa shape index (κ2) is 11.2. The van der Waals surface area contributed by atoms with Gasteiger partial charge >= 0.3 is 0 Å². The summed E-state index contributed by atoms with van der Waals surface area (Å²) < 4.78 is 0. The van der Waals surface area contributed by atoms with Crippen molar-refractivity contribution in [2.24, 2.45) is 0 Å². The molecule has 0 radical (unpaired) electrons. The van der Waals surface area contributed by atoms with E-state index in [9.17, 15) is 0 Å². The number of rotatable bonds is 5. The number of hydrogen-bond donors (Lipinski definition) is 0. The van der Waals surface area contributed by atoms with E-state index in [2.05, 4.69) is 133 Å². The maximum atomic E-state index is 4.46. The number of pyridine rings is 2. The van der Waals surface area contributed by atoms with Gasteiger partial charge in [-0.3, -0.25) is 9.97 Å². The Balaban J connectivity index is 1.57. The smallest absolute Gasteiger partial charge is 0.0346 e. The number of benzene rings is 6. The number of fused-ring (bicyclic) bond motifs is 6. The lowest BCUT2D eigenvalue weighted by molar-refractivity contribution is 1.16. The van der Waals surface area contributed by atoms with Gasteiger partial charge in [0.25, 0.3) is 0 Å². The average molecular weight is 577 g/mol. The Kier molecular flexibility index (Phi) is 6.69. The standard InChI is InChI=1S/C43H32N2/c1-3-34-42(35-15-5-4-12-28(35)2)40(25-41-38-18-7-6-16-36(38)37-17-8-9-19-39(37)43(34)41)33-23-31(29-13-10-20-44-26-29)22-32(24-33)30-14-11-21-45-27-30/h4-27H,3H2,1-2H3. The molecule has 0 bridgehead atoms. The molecule has 0 aliphatic rings. The first kappa shape index (κ1) is 27.0. The molecular formula is C43H32N2. The summed E-state index contributed by atoms with van der Waals surface area (Å²) in [6, 6.07) is 44.3. The van der Waals surface area contributed by atoms with Gasteiger partial charge in [0.05, 0.1) is 0 Å². The molecule has 0 amide bonds. The summed E-state index contributed by atoms with van der Waals surface area (Å²) >= 11 is 0. The third kappa shape index (κ3) is 4.58. The lowest BCUT2D eigenvalue weighted by Gasteiger charge is -2.23. The van der Waals surface area contributed by atoms with Crippen molar-refractivity contribution < 1.29 is 0 Å². The third-order valence-corrected chi connectivity index (χ3v) is 9.14. The van der Waals surface area contributed by atoms with Crippen LogP contribution in [0.4, 0.5) is 0 Å². The fourth-order valence-corrected chi connectivity index (χ4v) is 7.07. The second-order valence-electron chi connectivity index (χ2n) is 11.7. The van der Waals surface area contributed by atoms with Gasteiger partial charge in [-0.15, -0.1) is 0 Å². The van der Waals surface area contributed by atoms with E-state index in [4.69, 9.17) is 0 Å². The minimum Gasteiger partial charge on any atom is -0.264 e. The molecule has 214 valence electrons. The fraction of sp³-hybridized carbons (Fsp3) is 0.0698. The van der Waals surface area contributed by atoms with E-state index >= 15 is 0 Å². The number of aryl methyl sites for hydroxylation is 2. The maximum absolute atomic E-state index is 4.46. The number of aromatic nitrogens is 2. The first-order valence-electron chi connectivity index (χ1n) is 15.6. The summed E-state index contributed by atoms with van der Waals surface area (Å²) in [7, 11) is 0. The molecule has 0 saturated carbocycles. The van der Waals surface area contributed by atoms with E-state index < -0.39 is 0 Å². The fourth-order valence-electron chi connectivity index (χ4n) is 7.07. The van der Waals surface area contributed by atoms with Crippen LogP contribution in [-0.2, 0) is 6.42 Å². The molecule has 0 N–H and O–H groups in total. The molecule has 0 saturated heterocycles. The molecule has 6 aromatic carbocycles. The van der Waals surface area contributed by atoms with Crippen LogP contribution in [0.3, 0.4) is 0 Å². The summed E-state index contributed by atoms with van der Waals surface area (Å²) in [5, 5.41) is 7.83. The molecule has 2 nitrogen and oxygen atoms in total. The molecule has 0 fully saturated rings. The summed E-state index contributed by atoms with van der Waals surface area (Å²) in [6.45, 7) is 4.53. The Morgan fingerprint density at radius 1 is 0.467 bits per heavy atom. The molecule has 0 atom stereocenters. The molecule has 8 rings (SSSR count). The van der Waals surface area contributed by atoms with Gasteiger partial charge in [-0.25, -0.2) is 0 Å². The Morgan fingerprint density at radius 2 is 1.00 bits per heavy atom. The largest absolute Gasteiger partial charge is 0.264 e. The van der Waals surface area contributed by atoms with Crippen LogP contribution < -0.4 is 0 Å². The zero-order valence-electron chi connectivity index (χ0n) is 25.5. The van der Waals surface area contributed by atoms with Crippen LogP contribution in [0.2, 0.25) is 0 Å². The zero-order valence-corrected chi connectivity index (χ0v) is 25.5. The predicted octanol–water partition coefficient (Wildman–Crippen LogP) is 11.5. The highest BCUT2D eigenvalue weighted by atomic mass is 14.6. The highest BCUT2D eigenvalue weighted by Gasteiger charge is 2.21. The lowest BCUT2D eigenvalue weighted by Crippen LogP contribution is -1.98. The average Bonchev–Trinajstić information content (AvgIpc) is 3.11. The van der Waals surface area contributed by atoms with Crippen LogP contribution in [0.25, 0.3) is 76.8 Å². The number of hydrogen-bond acceptors (Lipinski definition) is 2. The van der Waals surface area contributed by atoms with Crippen molar-refractivity contribution in [3.8, 4) is 44.5 Å². The minimum atomic E-state index is 0.911. The molecule has 2 heterocycles.